The number of hydrogen-bond donors (Lipinski definition) is 3. The molecule has 35 heavy (non-hydrogen) atoms. The molecule has 1 fully saturated rings. The Bertz CT molecular complexity index is 1040. The zero-order valence-electron chi connectivity index (χ0n) is 20.2. The Labute approximate surface area is 205 Å². The van der Waals surface area contributed by atoms with E-state index in [-0.39, 0.29) is 43.4 Å². The number of ether oxygens (including phenoxy) is 1. The van der Waals surface area contributed by atoms with Crippen molar-refractivity contribution in [3.8, 4) is 11.1 Å². The van der Waals surface area contributed by atoms with Crippen LogP contribution in [-0.4, -0.2) is 67.3 Å². The summed E-state index contributed by atoms with van der Waals surface area (Å²) in [6.45, 7) is 0.454. The number of benzene rings is 2. The molecule has 8 heteroatoms. The van der Waals surface area contributed by atoms with Crippen LogP contribution in [-0.2, 0) is 14.3 Å². The van der Waals surface area contributed by atoms with Crippen LogP contribution < -0.4 is 10.6 Å². The maximum Gasteiger partial charge on any atom is 0.407 e. The maximum absolute atomic E-state index is 12.7. The van der Waals surface area contributed by atoms with Crippen LogP contribution in [0.4, 0.5) is 4.79 Å². The monoisotopic (exact) mass is 479 g/mol. The highest BCUT2D eigenvalue weighted by Gasteiger charge is 2.33. The molecule has 4 rings (SSSR count). The van der Waals surface area contributed by atoms with Crippen molar-refractivity contribution in [3.05, 3.63) is 59.7 Å². The minimum atomic E-state index is -1.06. The second kappa shape index (κ2) is 10.9. The molecule has 3 atom stereocenters. The van der Waals surface area contributed by atoms with Gasteiger partial charge in [0, 0.05) is 24.9 Å². The van der Waals surface area contributed by atoms with Gasteiger partial charge in [-0.05, 0) is 55.1 Å². The second-order valence-corrected chi connectivity index (χ2v) is 9.69. The number of amides is 2. The molecule has 8 nitrogen and oxygen atoms in total. The van der Waals surface area contributed by atoms with Crippen LogP contribution >= 0.6 is 0 Å². The number of nitrogens with zero attached hydrogens (tertiary/aromatic N) is 1. The van der Waals surface area contributed by atoms with Gasteiger partial charge in [0.2, 0.25) is 5.91 Å². The normalized spacial score (nSPS) is 19.6. The minimum Gasteiger partial charge on any atom is -0.480 e. The fourth-order valence-corrected chi connectivity index (χ4v) is 5.30. The number of carboxylic acid groups (broad SMARTS) is 1. The summed E-state index contributed by atoms with van der Waals surface area (Å²) < 4.78 is 5.66. The maximum atomic E-state index is 12.7. The van der Waals surface area contributed by atoms with Crippen LogP contribution in [0.3, 0.4) is 0 Å². The standard InChI is InChI=1S/C27H33N3O5/c1-30(2)15-24(26(32)33)28-25(31)14-17-8-7-13-23(17)29-27(34)35-16-22-20-11-5-3-9-18(20)19-10-4-6-12-21(19)22/h3-6,9-12,17,22-24H,7-8,13-16H2,1-2H3,(H,28,31)(H,29,34)(H,32,33)/t17-,23+,24-/m0/s1. The van der Waals surface area contributed by atoms with Crippen LogP contribution in [0.5, 0.6) is 0 Å². The largest absolute Gasteiger partial charge is 0.480 e. The summed E-state index contributed by atoms with van der Waals surface area (Å²) >= 11 is 0. The molecule has 0 unspecified atom stereocenters. The summed E-state index contributed by atoms with van der Waals surface area (Å²) in [6.07, 6.45) is 2.15. The molecule has 2 aromatic carbocycles. The molecule has 0 bridgehead atoms. The van der Waals surface area contributed by atoms with E-state index in [1.54, 1.807) is 19.0 Å². The molecular formula is C27H33N3O5. The van der Waals surface area contributed by atoms with Crippen molar-refractivity contribution in [3.63, 3.8) is 0 Å². The van der Waals surface area contributed by atoms with Crippen molar-refractivity contribution in [2.45, 2.75) is 43.7 Å². The molecule has 0 saturated heterocycles. The van der Waals surface area contributed by atoms with Crippen LogP contribution in [0.25, 0.3) is 11.1 Å². The SMILES string of the molecule is CN(C)C[C@H](NC(=O)C[C@@H]1CCC[C@H]1NC(=O)OCC1c2ccccc2-c2ccccc21)C(=O)O. The van der Waals surface area contributed by atoms with Gasteiger partial charge in [-0.15, -0.1) is 0 Å². The van der Waals surface area contributed by atoms with Gasteiger partial charge in [-0.1, -0.05) is 55.0 Å². The average molecular weight is 480 g/mol. The van der Waals surface area contributed by atoms with E-state index in [2.05, 4.69) is 34.9 Å². The summed E-state index contributed by atoms with van der Waals surface area (Å²) in [5.41, 5.74) is 4.66. The number of aliphatic carboxylic acids is 1. The van der Waals surface area contributed by atoms with Crippen molar-refractivity contribution < 1.29 is 24.2 Å². The predicted molar refractivity (Wildman–Crippen MR) is 132 cm³/mol. The third kappa shape index (κ3) is 5.82. The van der Waals surface area contributed by atoms with Crippen molar-refractivity contribution in [1.29, 1.82) is 0 Å². The lowest BCUT2D eigenvalue weighted by molar-refractivity contribution is -0.142. The highest BCUT2D eigenvalue weighted by molar-refractivity contribution is 5.84. The molecule has 1 saturated carbocycles. The lowest BCUT2D eigenvalue weighted by atomic mass is 9.98. The smallest absolute Gasteiger partial charge is 0.407 e. The molecule has 2 aromatic rings. The number of carboxylic acids is 1. The van der Waals surface area contributed by atoms with Crippen LogP contribution in [0.2, 0.25) is 0 Å². The summed E-state index contributed by atoms with van der Waals surface area (Å²) in [5, 5.41) is 14.9. The number of fused-ring (bicyclic) bond motifs is 3. The van der Waals surface area contributed by atoms with Crippen molar-refractivity contribution in [2.75, 3.05) is 27.2 Å². The number of hydrogen-bond acceptors (Lipinski definition) is 5. The van der Waals surface area contributed by atoms with Crippen LogP contribution in [0.15, 0.2) is 48.5 Å². The topological polar surface area (TPSA) is 108 Å². The van der Waals surface area contributed by atoms with E-state index >= 15 is 0 Å². The summed E-state index contributed by atoms with van der Waals surface area (Å²) in [6, 6.07) is 15.2. The molecule has 0 radical (unpaired) electrons. The Morgan fingerprint density at radius 2 is 1.66 bits per heavy atom. The van der Waals surface area contributed by atoms with Gasteiger partial charge in [-0.2, -0.15) is 0 Å². The minimum absolute atomic E-state index is 0.0112. The molecule has 0 spiro atoms. The van der Waals surface area contributed by atoms with E-state index < -0.39 is 18.1 Å². The number of alkyl carbamates (subject to hydrolysis) is 1. The van der Waals surface area contributed by atoms with E-state index in [0.717, 1.165) is 30.4 Å². The zero-order chi connectivity index (χ0) is 24.9. The number of carbonyl (C=O) groups is 3. The molecule has 2 aliphatic rings. The lowest BCUT2D eigenvalue weighted by Gasteiger charge is -2.23. The second-order valence-electron chi connectivity index (χ2n) is 9.69. The van der Waals surface area contributed by atoms with E-state index in [0.29, 0.717) is 0 Å². The Balaban J connectivity index is 1.31. The molecule has 0 heterocycles. The van der Waals surface area contributed by atoms with Gasteiger partial charge in [-0.3, -0.25) is 4.79 Å². The quantitative estimate of drug-likeness (QED) is 0.510. The number of nitrogens with one attached hydrogen (secondary N) is 2. The van der Waals surface area contributed by atoms with Crippen LogP contribution in [0.1, 0.15) is 42.7 Å². The summed E-state index contributed by atoms with van der Waals surface area (Å²) in [7, 11) is 3.51. The van der Waals surface area contributed by atoms with Gasteiger partial charge in [0.05, 0.1) is 0 Å². The fourth-order valence-electron chi connectivity index (χ4n) is 5.30. The predicted octanol–water partition coefficient (Wildman–Crippen LogP) is 3.21. The van der Waals surface area contributed by atoms with Gasteiger partial charge < -0.3 is 25.4 Å². The number of rotatable bonds is 9. The first-order valence-corrected chi connectivity index (χ1v) is 12.1. The van der Waals surface area contributed by atoms with Gasteiger partial charge >= 0.3 is 12.1 Å². The Kier molecular flexibility index (Phi) is 7.70. The highest BCUT2D eigenvalue weighted by atomic mass is 16.5. The third-order valence-corrected chi connectivity index (χ3v) is 6.93. The molecule has 0 aromatic heterocycles. The number of carbonyl (C=O) groups excluding carboxylic acids is 2. The van der Waals surface area contributed by atoms with Gasteiger partial charge in [0.1, 0.15) is 12.6 Å². The molecule has 2 aliphatic carbocycles. The molecule has 3 N–H and O–H groups in total. The first-order valence-electron chi connectivity index (χ1n) is 12.1. The summed E-state index contributed by atoms with van der Waals surface area (Å²) in [5.74, 6) is -1.44. The van der Waals surface area contributed by atoms with Crippen LogP contribution in [0, 0.1) is 5.92 Å². The average Bonchev–Trinajstić information content (AvgIpc) is 3.38. The zero-order valence-corrected chi connectivity index (χ0v) is 20.2. The first-order chi connectivity index (χ1) is 16.8. The number of likely N-dealkylation sites (N-methyl/N-ethyl adjacent to an activating group) is 1. The van der Waals surface area contributed by atoms with Gasteiger partial charge in [-0.25, -0.2) is 9.59 Å². The van der Waals surface area contributed by atoms with E-state index in [9.17, 15) is 19.5 Å². The van der Waals surface area contributed by atoms with Crippen molar-refractivity contribution >= 4 is 18.0 Å². The van der Waals surface area contributed by atoms with Gasteiger partial charge in [0.15, 0.2) is 0 Å². The van der Waals surface area contributed by atoms with E-state index in [1.165, 1.54) is 11.1 Å². The summed E-state index contributed by atoms with van der Waals surface area (Å²) in [4.78, 5) is 38.4. The molecule has 186 valence electrons. The molecular weight excluding hydrogens is 446 g/mol. The molecule has 0 aliphatic heterocycles. The third-order valence-electron chi connectivity index (χ3n) is 6.93. The Morgan fingerprint density at radius 3 is 2.26 bits per heavy atom. The lowest BCUT2D eigenvalue weighted by Crippen LogP contribution is -2.48. The highest BCUT2D eigenvalue weighted by Crippen LogP contribution is 2.44. The van der Waals surface area contributed by atoms with E-state index in [1.807, 2.05) is 24.3 Å². The van der Waals surface area contributed by atoms with E-state index in [4.69, 9.17) is 4.74 Å². The Morgan fingerprint density at radius 1 is 1.03 bits per heavy atom. The first kappa shape index (κ1) is 24.7. The Hall–Kier alpha value is -3.39. The molecule has 2 amide bonds. The fraction of sp³-hybridized carbons (Fsp3) is 0.444. The van der Waals surface area contributed by atoms with Crippen molar-refractivity contribution in [2.24, 2.45) is 5.92 Å². The van der Waals surface area contributed by atoms with Crippen molar-refractivity contribution in [1.82, 2.24) is 15.5 Å². The van der Waals surface area contributed by atoms with Gasteiger partial charge in [0.25, 0.3) is 0 Å².